The number of hydrogen-bond acceptors (Lipinski definition) is 1. The Labute approximate surface area is 100 Å². The van der Waals surface area contributed by atoms with E-state index < -0.39 is 0 Å². The molecule has 0 bridgehead atoms. The van der Waals surface area contributed by atoms with Crippen molar-refractivity contribution in [1.29, 1.82) is 0 Å². The highest BCUT2D eigenvalue weighted by Gasteiger charge is 1.99. The third-order valence-electron chi connectivity index (χ3n) is 1.65. The largest absolute Gasteiger partial charge is 0.380 e. The SMILES string of the molecule is COC/C(=C\I)c1ccc(Br)cc1. The fourth-order valence-electron chi connectivity index (χ4n) is 0.997. The zero-order valence-corrected chi connectivity index (χ0v) is 11.0. The van der Waals surface area contributed by atoms with Crippen molar-refractivity contribution in [3.05, 3.63) is 38.4 Å². The molecular weight excluding hydrogens is 343 g/mol. The van der Waals surface area contributed by atoms with E-state index in [1.54, 1.807) is 7.11 Å². The Morgan fingerprint density at radius 3 is 2.54 bits per heavy atom. The molecule has 0 unspecified atom stereocenters. The van der Waals surface area contributed by atoms with Crippen LogP contribution in [0.5, 0.6) is 0 Å². The third kappa shape index (κ3) is 3.40. The standard InChI is InChI=1S/C10H10BrIO/c1-13-7-9(6-12)8-2-4-10(11)5-3-8/h2-6H,7H2,1H3/b9-6+. The van der Waals surface area contributed by atoms with E-state index in [9.17, 15) is 0 Å². The molecule has 0 aliphatic rings. The number of methoxy groups -OCH3 is 1. The van der Waals surface area contributed by atoms with Gasteiger partial charge in [-0.15, -0.1) is 0 Å². The fourth-order valence-corrected chi connectivity index (χ4v) is 1.80. The molecule has 1 rings (SSSR count). The molecule has 0 heterocycles. The summed E-state index contributed by atoms with van der Waals surface area (Å²) in [6.07, 6.45) is 0. The van der Waals surface area contributed by atoms with Gasteiger partial charge in [0.1, 0.15) is 0 Å². The molecule has 0 aliphatic carbocycles. The molecular formula is C10H10BrIO. The smallest absolute Gasteiger partial charge is 0.0723 e. The summed E-state index contributed by atoms with van der Waals surface area (Å²) in [5.74, 6) is 0. The highest BCUT2D eigenvalue weighted by molar-refractivity contribution is 14.1. The van der Waals surface area contributed by atoms with E-state index in [1.165, 1.54) is 11.1 Å². The molecule has 0 aliphatic heterocycles. The Hall–Kier alpha value is 0.130. The number of benzene rings is 1. The van der Waals surface area contributed by atoms with Crippen LogP contribution < -0.4 is 0 Å². The summed E-state index contributed by atoms with van der Waals surface area (Å²) in [4.78, 5) is 0. The minimum Gasteiger partial charge on any atom is -0.380 e. The fraction of sp³-hybridized carbons (Fsp3) is 0.200. The van der Waals surface area contributed by atoms with Gasteiger partial charge in [0.05, 0.1) is 6.61 Å². The van der Waals surface area contributed by atoms with Crippen molar-refractivity contribution in [1.82, 2.24) is 0 Å². The quantitative estimate of drug-likeness (QED) is 0.750. The van der Waals surface area contributed by atoms with Gasteiger partial charge >= 0.3 is 0 Å². The minimum absolute atomic E-state index is 0.657. The van der Waals surface area contributed by atoms with Crippen LogP contribution in [0.4, 0.5) is 0 Å². The van der Waals surface area contributed by atoms with Crippen molar-refractivity contribution in [3.63, 3.8) is 0 Å². The molecule has 0 N–H and O–H groups in total. The molecule has 3 heteroatoms. The number of hydrogen-bond donors (Lipinski definition) is 0. The first-order chi connectivity index (χ1) is 6.27. The molecule has 13 heavy (non-hydrogen) atoms. The van der Waals surface area contributed by atoms with Gasteiger partial charge in [-0.2, -0.15) is 0 Å². The Bertz CT molecular complexity index is 292. The first-order valence-corrected chi connectivity index (χ1v) is 5.86. The predicted molar refractivity (Wildman–Crippen MR) is 68.0 cm³/mol. The second-order valence-electron chi connectivity index (χ2n) is 2.57. The molecule has 0 saturated carbocycles. The van der Waals surface area contributed by atoms with Crippen LogP contribution in [0.1, 0.15) is 5.56 Å². The van der Waals surface area contributed by atoms with Gasteiger partial charge in [0, 0.05) is 11.6 Å². The van der Waals surface area contributed by atoms with Gasteiger partial charge in [-0.3, -0.25) is 0 Å². The van der Waals surface area contributed by atoms with Crippen LogP contribution in [0.25, 0.3) is 5.57 Å². The number of halogens is 2. The van der Waals surface area contributed by atoms with Crippen LogP contribution in [0.15, 0.2) is 32.8 Å². The lowest BCUT2D eigenvalue weighted by Gasteiger charge is -2.04. The van der Waals surface area contributed by atoms with E-state index in [0.29, 0.717) is 6.61 Å². The average Bonchev–Trinajstić information content (AvgIpc) is 2.16. The van der Waals surface area contributed by atoms with Crippen molar-refractivity contribution < 1.29 is 4.74 Å². The lowest BCUT2D eigenvalue weighted by Crippen LogP contribution is -1.92. The Kier molecular flexibility index (Phi) is 4.98. The summed E-state index contributed by atoms with van der Waals surface area (Å²) in [6.45, 7) is 0.657. The highest BCUT2D eigenvalue weighted by atomic mass is 127. The van der Waals surface area contributed by atoms with Crippen molar-refractivity contribution in [3.8, 4) is 0 Å². The molecule has 1 aromatic carbocycles. The van der Waals surface area contributed by atoms with Gasteiger partial charge in [-0.1, -0.05) is 50.7 Å². The van der Waals surface area contributed by atoms with Gasteiger partial charge in [0.15, 0.2) is 0 Å². The number of ether oxygens (including phenoxy) is 1. The monoisotopic (exact) mass is 352 g/mol. The van der Waals surface area contributed by atoms with E-state index >= 15 is 0 Å². The summed E-state index contributed by atoms with van der Waals surface area (Å²) in [7, 11) is 1.71. The zero-order chi connectivity index (χ0) is 9.68. The minimum atomic E-state index is 0.657. The Morgan fingerprint density at radius 1 is 1.46 bits per heavy atom. The molecule has 1 nitrogen and oxygen atoms in total. The van der Waals surface area contributed by atoms with E-state index in [2.05, 4.69) is 50.7 Å². The van der Waals surface area contributed by atoms with Gasteiger partial charge < -0.3 is 4.74 Å². The molecule has 0 atom stereocenters. The Balaban J connectivity index is 2.87. The summed E-state index contributed by atoms with van der Waals surface area (Å²) in [5, 5.41) is 0. The molecule has 0 saturated heterocycles. The van der Waals surface area contributed by atoms with E-state index in [4.69, 9.17) is 4.74 Å². The van der Waals surface area contributed by atoms with Gasteiger partial charge in [0.2, 0.25) is 0 Å². The first kappa shape index (κ1) is 11.2. The summed E-state index contributed by atoms with van der Waals surface area (Å²) >= 11 is 5.63. The van der Waals surface area contributed by atoms with Crippen molar-refractivity contribution in [2.45, 2.75) is 0 Å². The maximum absolute atomic E-state index is 5.09. The van der Waals surface area contributed by atoms with Crippen molar-refractivity contribution in [2.75, 3.05) is 13.7 Å². The zero-order valence-electron chi connectivity index (χ0n) is 7.26. The molecule has 0 radical (unpaired) electrons. The second-order valence-corrected chi connectivity index (χ2v) is 4.11. The maximum atomic E-state index is 5.09. The van der Waals surface area contributed by atoms with Crippen molar-refractivity contribution >= 4 is 44.1 Å². The van der Waals surface area contributed by atoms with E-state index in [-0.39, 0.29) is 0 Å². The lowest BCUT2D eigenvalue weighted by atomic mass is 10.1. The molecule has 0 fully saturated rings. The maximum Gasteiger partial charge on any atom is 0.0723 e. The molecule has 0 spiro atoms. The second kappa shape index (κ2) is 5.78. The van der Waals surface area contributed by atoms with Crippen LogP contribution in [-0.2, 0) is 4.74 Å². The van der Waals surface area contributed by atoms with Crippen LogP contribution in [0.2, 0.25) is 0 Å². The lowest BCUT2D eigenvalue weighted by molar-refractivity contribution is 0.240. The van der Waals surface area contributed by atoms with Crippen LogP contribution >= 0.6 is 38.5 Å². The van der Waals surface area contributed by atoms with Gasteiger partial charge in [0.25, 0.3) is 0 Å². The molecule has 0 aromatic heterocycles. The topological polar surface area (TPSA) is 9.23 Å². The molecule has 1 aromatic rings. The van der Waals surface area contributed by atoms with Gasteiger partial charge in [-0.05, 0) is 27.4 Å². The predicted octanol–water partition coefficient (Wildman–Crippen LogP) is 3.87. The highest BCUT2D eigenvalue weighted by Crippen LogP contribution is 2.19. The summed E-state index contributed by atoms with van der Waals surface area (Å²) in [5.41, 5.74) is 2.41. The van der Waals surface area contributed by atoms with Crippen LogP contribution in [0.3, 0.4) is 0 Å². The Morgan fingerprint density at radius 2 is 2.08 bits per heavy atom. The van der Waals surface area contributed by atoms with Crippen molar-refractivity contribution in [2.24, 2.45) is 0 Å². The molecule has 0 amide bonds. The van der Waals surface area contributed by atoms with E-state index in [1.807, 2.05) is 16.2 Å². The summed E-state index contributed by atoms with van der Waals surface area (Å²) in [6, 6.07) is 8.22. The average molecular weight is 353 g/mol. The van der Waals surface area contributed by atoms with Crippen LogP contribution in [-0.4, -0.2) is 13.7 Å². The summed E-state index contributed by atoms with van der Waals surface area (Å²) < 4.78 is 8.24. The van der Waals surface area contributed by atoms with Gasteiger partial charge in [-0.25, -0.2) is 0 Å². The number of rotatable bonds is 3. The van der Waals surface area contributed by atoms with Crippen LogP contribution in [0, 0.1) is 0 Å². The third-order valence-corrected chi connectivity index (χ3v) is 2.93. The normalized spacial score (nSPS) is 11.8. The first-order valence-electron chi connectivity index (χ1n) is 3.82. The van der Waals surface area contributed by atoms with E-state index in [0.717, 1.165) is 4.47 Å². The molecule has 70 valence electrons.